The molecule has 0 atom stereocenters. The number of nitrogens with one attached hydrogen (secondary N) is 1. The molecule has 0 fully saturated rings. The summed E-state index contributed by atoms with van der Waals surface area (Å²) < 4.78 is 3.36. The van der Waals surface area contributed by atoms with Crippen LogP contribution in [0.15, 0.2) is 79.1 Å². The highest BCUT2D eigenvalue weighted by Gasteiger charge is 2.19. The minimum atomic E-state index is -0.246. The zero-order valence-electron chi connectivity index (χ0n) is 14.2. The topological polar surface area (TPSA) is 64.7 Å². The number of hydrogen-bond donors (Lipinski definition) is 1. The maximum Gasteiger partial charge on any atom is 0.260 e. The maximum atomic E-state index is 12.8. The first kappa shape index (κ1) is 15.8. The molecule has 1 amide bonds. The van der Waals surface area contributed by atoms with Gasteiger partial charge in [0.25, 0.3) is 5.91 Å². The van der Waals surface area contributed by atoms with E-state index in [-0.39, 0.29) is 5.91 Å². The number of carbonyl (C=O) groups excluding carboxylic acids is 1. The van der Waals surface area contributed by atoms with Crippen molar-refractivity contribution in [2.75, 3.05) is 5.32 Å². The van der Waals surface area contributed by atoms with E-state index >= 15 is 0 Å². The SMILES string of the molecule is Cn1ccc(NC(=O)c2cn(-c3ccccc3)nc2-c2ccccc2)n1. The molecule has 6 nitrogen and oxygen atoms in total. The largest absolute Gasteiger partial charge is 0.305 e. The van der Waals surface area contributed by atoms with Crippen LogP contribution < -0.4 is 5.32 Å². The number of para-hydroxylation sites is 1. The molecule has 26 heavy (non-hydrogen) atoms. The normalized spacial score (nSPS) is 10.7. The Labute approximate surface area is 150 Å². The van der Waals surface area contributed by atoms with Crippen molar-refractivity contribution in [2.24, 2.45) is 7.05 Å². The molecule has 0 saturated heterocycles. The van der Waals surface area contributed by atoms with Crippen LogP contribution in [0.25, 0.3) is 16.9 Å². The average molecular weight is 343 g/mol. The molecular weight excluding hydrogens is 326 g/mol. The summed E-state index contributed by atoms with van der Waals surface area (Å²) in [7, 11) is 1.80. The number of nitrogens with zero attached hydrogens (tertiary/aromatic N) is 4. The summed E-state index contributed by atoms with van der Waals surface area (Å²) in [6, 6.07) is 21.1. The summed E-state index contributed by atoms with van der Waals surface area (Å²) >= 11 is 0. The van der Waals surface area contributed by atoms with Gasteiger partial charge in [0, 0.05) is 31.1 Å². The minimum absolute atomic E-state index is 0.246. The molecule has 0 saturated carbocycles. The average Bonchev–Trinajstić information content (AvgIpc) is 3.30. The van der Waals surface area contributed by atoms with Crippen molar-refractivity contribution >= 4 is 11.7 Å². The van der Waals surface area contributed by atoms with E-state index in [9.17, 15) is 4.79 Å². The van der Waals surface area contributed by atoms with Gasteiger partial charge in [-0.15, -0.1) is 0 Å². The highest BCUT2D eigenvalue weighted by Crippen LogP contribution is 2.24. The van der Waals surface area contributed by atoms with Crippen molar-refractivity contribution in [3.05, 3.63) is 84.7 Å². The van der Waals surface area contributed by atoms with Gasteiger partial charge in [-0.05, 0) is 12.1 Å². The van der Waals surface area contributed by atoms with Gasteiger partial charge >= 0.3 is 0 Å². The monoisotopic (exact) mass is 343 g/mol. The molecule has 128 valence electrons. The number of aryl methyl sites for hydroxylation is 1. The molecule has 0 aliphatic rings. The Morgan fingerprint density at radius 1 is 0.923 bits per heavy atom. The van der Waals surface area contributed by atoms with E-state index in [1.165, 1.54) is 0 Å². The number of carbonyl (C=O) groups is 1. The second kappa shape index (κ2) is 6.68. The van der Waals surface area contributed by atoms with Gasteiger partial charge in [0.05, 0.1) is 11.3 Å². The number of amides is 1. The molecule has 2 aromatic carbocycles. The van der Waals surface area contributed by atoms with Crippen molar-refractivity contribution in [2.45, 2.75) is 0 Å². The Balaban J connectivity index is 1.76. The first-order chi connectivity index (χ1) is 12.7. The number of hydrogen-bond acceptors (Lipinski definition) is 3. The van der Waals surface area contributed by atoms with E-state index in [0.29, 0.717) is 17.1 Å². The van der Waals surface area contributed by atoms with Gasteiger partial charge in [0.1, 0.15) is 5.69 Å². The molecule has 0 aliphatic heterocycles. The predicted octanol–water partition coefficient (Wildman–Crippen LogP) is 3.53. The van der Waals surface area contributed by atoms with Gasteiger partial charge in [0.15, 0.2) is 5.82 Å². The van der Waals surface area contributed by atoms with Gasteiger partial charge in [-0.2, -0.15) is 10.2 Å². The number of aromatic nitrogens is 4. The number of benzene rings is 2. The van der Waals surface area contributed by atoms with Crippen LogP contribution in [0.5, 0.6) is 0 Å². The van der Waals surface area contributed by atoms with Crippen molar-refractivity contribution in [1.29, 1.82) is 0 Å². The molecule has 6 heteroatoms. The van der Waals surface area contributed by atoms with Crippen molar-refractivity contribution in [3.63, 3.8) is 0 Å². The van der Waals surface area contributed by atoms with Crippen LogP contribution in [0.4, 0.5) is 5.82 Å². The summed E-state index contributed by atoms with van der Waals surface area (Å²) in [5, 5.41) is 11.7. The first-order valence-corrected chi connectivity index (χ1v) is 8.22. The lowest BCUT2D eigenvalue weighted by atomic mass is 10.1. The molecule has 1 N–H and O–H groups in total. The Bertz CT molecular complexity index is 1030. The lowest BCUT2D eigenvalue weighted by Crippen LogP contribution is -2.13. The van der Waals surface area contributed by atoms with Crippen LogP contribution >= 0.6 is 0 Å². The van der Waals surface area contributed by atoms with Crippen LogP contribution in [0, 0.1) is 0 Å². The Morgan fingerprint density at radius 2 is 1.62 bits per heavy atom. The highest BCUT2D eigenvalue weighted by atomic mass is 16.1. The van der Waals surface area contributed by atoms with Crippen molar-refractivity contribution in [3.8, 4) is 16.9 Å². The van der Waals surface area contributed by atoms with Crippen LogP contribution in [0.3, 0.4) is 0 Å². The second-order valence-electron chi connectivity index (χ2n) is 5.87. The number of anilines is 1. The van der Waals surface area contributed by atoms with E-state index in [1.807, 2.05) is 60.7 Å². The van der Waals surface area contributed by atoms with Crippen molar-refractivity contribution in [1.82, 2.24) is 19.6 Å². The first-order valence-electron chi connectivity index (χ1n) is 8.22. The standard InChI is InChI=1S/C20H17N5O/c1-24-13-12-18(22-24)21-20(26)17-14-25(16-10-6-3-7-11-16)23-19(17)15-8-4-2-5-9-15/h2-14H,1H3,(H,21,22,26). The quantitative estimate of drug-likeness (QED) is 0.616. The fraction of sp³-hybridized carbons (Fsp3) is 0.0500. The minimum Gasteiger partial charge on any atom is -0.305 e. The fourth-order valence-corrected chi connectivity index (χ4v) is 2.73. The van der Waals surface area contributed by atoms with E-state index in [0.717, 1.165) is 11.3 Å². The lowest BCUT2D eigenvalue weighted by Gasteiger charge is -2.02. The van der Waals surface area contributed by atoms with Gasteiger partial charge in [-0.3, -0.25) is 9.48 Å². The molecule has 0 aliphatic carbocycles. The molecule has 0 bridgehead atoms. The van der Waals surface area contributed by atoms with Gasteiger partial charge < -0.3 is 5.32 Å². The second-order valence-corrected chi connectivity index (χ2v) is 5.87. The van der Waals surface area contributed by atoms with E-state index in [4.69, 9.17) is 0 Å². The molecular formula is C20H17N5O. The smallest absolute Gasteiger partial charge is 0.260 e. The Kier molecular flexibility index (Phi) is 4.07. The molecule has 4 rings (SSSR count). The van der Waals surface area contributed by atoms with Gasteiger partial charge in [0.2, 0.25) is 0 Å². The Hall–Kier alpha value is -3.67. The fourth-order valence-electron chi connectivity index (χ4n) is 2.73. The zero-order valence-corrected chi connectivity index (χ0v) is 14.2. The molecule has 2 aromatic heterocycles. The number of rotatable bonds is 4. The summed E-state index contributed by atoms with van der Waals surface area (Å²) in [6.07, 6.45) is 3.52. The van der Waals surface area contributed by atoms with Gasteiger partial charge in [-0.25, -0.2) is 4.68 Å². The summed E-state index contributed by atoms with van der Waals surface area (Å²) in [4.78, 5) is 12.8. The maximum absolute atomic E-state index is 12.8. The molecule has 0 unspecified atom stereocenters. The molecule has 4 aromatic rings. The van der Waals surface area contributed by atoms with Gasteiger partial charge in [-0.1, -0.05) is 48.5 Å². The molecule has 2 heterocycles. The van der Waals surface area contributed by atoms with E-state index in [2.05, 4.69) is 15.5 Å². The third-order valence-corrected chi connectivity index (χ3v) is 3.98. The molecule has 0 radical (unpaired) electrons. The summed E-state index contributed by atoms with van der Waals surface area (Å²) in [5.74, 6) is 0.258. The highest BCUT2D eigenvalue weighted by molar-refractivity contribution is 6.07. The van der Waals surface area contributed by atoms with E-state index in [1.54, 1.807) is 34.9 Å². The van der Waals surface area contributed by atoms with Crippen molar-refractivity contribution < 1.29 is 4.79 Å². The lowest BCUT2D eigenvalue weighted by molar-refractivity contribution is 0.102. The zero-order chi connectivity index (χ0) is 17.9. The van der Waals surface area contributed by atoms with Crippen LogP contribution in [0.2, 0.25) is 0 Å². The Morgan fingerprint density at radius 3 is 2.27 bits per heavy atom. The molecule has 0 spiro atoms. The van der Waals surface area contributed by atoms with E-state index < -0.39 is 0 Å². The summed E-state index contributed by atoms with van der Waals surface area (Å²) in [6.45, 7) is 0. The third kappa shape index (κ3) is 3.12. The van der Waals surface area contributed by atoms with Crippen LogP contribution in [-0.2, 0) is 7.05 Å². The predicted molar refractivity (Wildman–Crippen MR) is 100 cm³/mol. The summed E-state index contributed by atoms with van der Waals surface area (Å²) in [5.41, 5.74) is 2.89. The van der Waals surface area contributed by atoms with Crippen LogP contribution in [0.1, 0.15) is 10.4 Å². The van der Waals surface area contributed by atoms with Crippen LogP contribution in [-0.4, -0.2) is 25.5 Å². The third-order valence-electron chi connectivity index (χ3n) is 3.98.